The van der Waals surface area contributed by atoms with Gasteiger partial charge in [-0.1, -0.05) is 12.1 Å². The van der Waals surface area contributed by atoms with Gasteiger partial charge in [-0.25, -0.2) is 0 Å². The standard InChI is InChI=1S/C16H22N2/c1-4-15-13(5-8-18-15)9-12(1)10-17-11-16(6-7-16)14-2-3-14/h1,4,9,14,17-18H,2-3,5-8,10-11H2. The predicted octanol–water partition coefficient (Wildman–Crippen LogP) is 2.93. The number of rotatable bonds is 5. The van der Waals surface area contributed by atoms with Gasteiger partial charge in [0.1, 0.15) is 0 Å². The van der Waals surface area contributed by atoms with E-state index >= 15 is 0 Å². The zero-order valence-corrected chi connectivity index (χ0v) is 11.0. The molecule has 2 nitrogen and oxygen atoms in total. The fourth-order valence-corrected chi connectivity index (χ4v) is 3.51. The van der Waals surface area contributed by atoms with Crippen LogP contribution < -0.4 is 10.6 Å². The van der Waals surface area contributed by atoms with Crippen molar-refractivity contribution in [3.8, 4) is 0 Å². The van der Waals surface area contributed by atoms with Crippen LogP contribution in [0.1, 0.15) is 36.8 Å². The van der Waals surface area contributed by atoms with Crippen molar-refractivity contribution in [3.63, 3.8) is 0 Å². The predicted molar refractivity (Wildman–Crippen MR) is 74.7 cm³/mol. The Morgan fingerprint density at radius 3 is 2.94 bits per heavy atom. The highest BCUT2D eigenvalue weighted by Gasteiger charge is 2.53. The molecule has 0 atom stereocenters. The van der Waals surface area contributed by atoms with Crippen LogP contribution in [0.2, 0.25) is 0 Å². The third kappa shape index (κ3) is 1.93. The van der Waals surface area contributed by atoms with E-state index in [4.69, 9.17) is 0 Å². The van der Waals surface area contributed by atoms with E-state index < -0.39 is 0 Å². The summed E-state index contributed by atoms with van der Waals surface area (Å²) in [6.07, 6.45) is 7.12. The van der Waals surface area contributed by atoms with Gasteiger partial charge in [0.2, 0.25) is 0 Å². The molecule has 0 aromatic heterocycles. The van der Waals surface area contributed by atoms with Crippen molar-refractivity contribution in [1.82, 2.24) is 5.32 Å². The van der Waals surface area contributed by atoms with Crippen LogP contribution in [-0.4, -0.2) is 13.1 Å². The molecule has 96 valence electrons. The Morgan fingerprint density at radius 1 is 1.28 bits per heavy atom. The lowest BCUT2D eigenvalue weighted by Gasteiger charge is -2.15. The maximum absolute atomic E-state index is 3.70. The lowest BCUT2D eigenvalue weighted by atomic mass is 10.0. The number of hydrogen-bond acceptors (Lipinski definition) is 2. The van der Waals surface area contributed by atoms with Crippen molar-refractivity contribution in [3.05, 3.63) is 29.3 Å². The monoisotopic (exact) mass is 242 g/mol. The molecule has 0 spiro atoms. The molecule has 2 saturated carbocycles. The highest BCUT2D eigenvalue weighted by atomic mass is 14.9. The molecule has 18 heavy (non-hydrogen) atoms. The van der Waals surface area contributed by atoms with Crippen molar-refractivity contribution in [2.24, 2.45) is 11.3 Å². The maximum atomic E-state index is 3.70. The van der Waals surface area contributed by atoms with E-state index in [0.29, 0.717) is 0 Å². The second-order valence-electron chi connectivity index (χ2n) is 6.41. The van der Waals surface area contributed by atoms with Crippen LogP contribution in [-0.2, 0) is 13.0 Å². The molecule has 4 rings (SSSR count). The maximum Gasteiger partial charge on any atom is 0.0373 e. The van der Waals surface area contributed by atoms with E-state index in [1.807, 2.05) is 0 Å². The number of hydrogen-bond donors (Lipinski definition) is 2. The summed E-state index contributed by atoms with van der Waals surface area (Å²) in [5.41, 5.74) is 5.01. The van der Waals surface area contributed by atoms with Gasteiger partial charge in [-0.15, -0.1) is 0 Å². The van der Waals surface area contributed by atoms with Gasteiger partial charge in [-0.05, 0) is 60.6 Å². The minimum absolute atomic E-state index is 0.721. The zero-order chi connectivity index (χ0) is 12.0. The number of anilines is 1. The van der Waals surface area contributed by atoms with Crippen molar-refractivity contribution >= 4 is 5.69 Å². The molecule has 3 aliphatic rings. The van der Waals surface area contributed by atoms with Crippen LogP contribution in [0, 0.1) is 11.3 Å². The van der Waals surface area contributed by atoms with Crippen molar-refractivity contribution < 1.29 is 0 Å². The van der Waals surface area contributed by atoms with Crippen LogP contribution in [0.5, 0.6) is 0 Å². The van der Waals surface area contributed by atoms with Crippen molar-refractivity contribution in [2.45, 2.75) is 38.6 Å². The quantitative estimate of drug-likeness (QED) is 0.829. The summed E-state index contributed by atoms with van der Waals surface area (Å²) in [4.78, 5) is 0. The Kier molecular flexibility index (Phi) is 2.41. The molecular weight excluding hydrogens is 220 g/mol. The van der Waals surface area contributed by atoms with Gasteiger partial charge in [0.05, 0.1) is 0 Å². The van der Waals surface area contributed by atoms with Gasteiger partial charge in [-0.2, -0.15) is 0 Å². The van der Waals surface area contributed by atoms with E-state index in [9.17, 15) is 0 Å². The zero-order valence-electron chi connectivity index (χ0n) is 11.0. The normalized spacial score (nSPS) is 23.6. The van der Waals surface area contributed by atoms with Crippen LogP contribution >= 0.6 is 0 Å². The second kappa shape index (κ2) is 3.99. The first kappa shape index (κ1) is 10.9. The van der Waals surface area contributed by atoms with E-state index in [2.05, 4.69) is 28.8 Å². The van der Waals surface area contributed by atoms with Gasteiger partial charge >= 0.3 is 0 Å². The smallest absolute Gasteiger partial charge is 0.0373 e. The van der Waals surface area contributed by atoms with Crippen LogP contribution in [0.15, 0.2) is 18.2 Å². The highest BCUT2D eigenvalue weighted by molar-refractivity contribution is 5.56. The van der Waals surface area contributed by atoms with E-state index in [1.165, 1.54) is 55.5 Å². The summed E-state index contributed by atoms with van der Waals surface area (Å²) in [6, 6.07) is 6.88. The highest BCUT2D eigenvalue weighted by Crippen LogP contribution is 2.60. The SMILES string of the molecule is c1cc2c(cc1CNCC1(C3CC3)CC1)CCN2. The molecule has 1 aromatic rings. The topological polar surface area (TPSA) is 24.1 Å². The molecule has 1 aliphatic heterocycles. The third-order valence-electron chi connectivity index (χ3n) is 5.02. The molecule has 0 radical (unpaired) electrons. The van der Waals surface area contributed by atoms with Gasteiger partial charge in [0.15, 0.2) is 0 Å². The summed E-state index contributed by atoms with van der Waals surface area (Å²) in [5, 5.41) is 7.12. The molecule has 1 aromatic carbocycles. The fraction of sp³-hybridized carbons (Fsp3) is 0.625. The summed E-state index contributed by atoms with van der Waals surface area (Å²) in [7, 11) is 0. The van der Waals surface area contributed by atoms with Crippen LogP contribution in [0.4, 0.5) is 5.69 Å². The minimum atomic E-state index is 0.721. The summed E-state index contributed by atoms with van der Waals surface area (Å²) in [6.45, 7) is 3.39. The Balaban J connectivity index is 1.34. The fourth-order valence-electron chi connectivity index (χ4n) is 3.51. The van der Waals surface area contributed by atoms with Crippen LogP contribution in [0.3, 0.4) is 0 Å². The number of nitrogens with one attached hydrogen (secondary N) is 2. The second-order valence-corrected chi connectivity index (χ2v) is 6.41. The molecule has 0 amide bonds. The lowest BCUT2D eigenvalue weighted by Crippen LogP contribution is -2.25. The summed E-state index contributed by atoms with van der Waals surface area (Å²) in [5.74, 6) is 1.06. The molecule has 0 bridgehead atoms. The van der Waals surface area contributed by atoms with Gasteiger partial charge in [0, 0.05) is 25.3 Å². The van der Waals surface area contributed by atoms with Gasteiger partial charge in [0.25, 0.3) is 0 Å². The van der Waals surface area contributed by atoms with Crippen LogP contribution in [0.25, 0.3) is 0 Å². The Hall–Kier alpha value is -1.02. The minimum Gasteiger partial charge on any atom is -0.384 e. The van der Waals surface area contributed by atoms with E-state index in [-0.39, 0.29) is 0 Å². The Morgan fingerprint density at radius 2 is 2.17 bits per heavy atom. The summed E-state index contributed by atoms with van der Waals surface area (Å²) < 4.78 is 0. The average molecular weight is 242 g/mol. The molecule has 1 heterocycles. The molecule has 0 saturated heterocycles. The molecule has 2 aliphatic carbocycles. The van der Waals surface area contributed by atoms with Crippen molar-refractivity contribution in [2.75, 3.05) is 18.4 Å². The average Bonchev–Trinajstić information content (AvgIpc) is 3.27. The first-order valence-corrected chi connectivity index (χ1v) is 7.42. The molecule has 2 heteroatoms. The molecule has 2 N–H and O–H groups in total. The molecular formula is C16H22N2. The number of benzene rings is 1. The van der Waals surface area contributed by atoms with Gasteiger partial charge in [-0.3, -0.25) is 0 Å². The first-order chi connectivity index (χ1) is 8.86. The summed E-state index contributed by atoms with van der Waals surface area (Å²) >= 11 is 0. The lowest BCUT2D eigenvalue weighted by molar-refractivity contribution is 0.403. The third-order valence-corrected chi connectivity index (χ3v) is 5.02. The van der Waals surface area contributed by atoms with Gasteiger partial charge < -0.3 is 10.6 Å². The van der Waals surface area contributed by atoms with Crippen molar-refractivity contribution in [1.29, 1.82) is 0 Å². The first-order valence-electron chi connectivity index (χ1n) is 7.42. The number of fused-ring (bicyclic) bond motifs is 1. The van der Waals surface area contributed by atoms with E-state index in [1.54, 1.807) is 0 Å². The van der Waals surface area contributed by atoms with E-state index in [0.717, 1.165) is 24.4 Å². The Labute approximate surface area is 109 Å². The largest absolute Gasteiger partial charge is 0.384 e. The molecule has 0 unspecified atom stereocenters. The Bertz CT molecular complexity index is 458. The molecule has 2 fully saturated rings.